The monoisotopic (exact) mass is 746 g/mol. The first-order chi connectivity index (χ1) is 28.7. The van der Waals surface area contributed by atoms with Crippen LogP contribution in [-0.4, -0.2) is 19.8 Å². The molecule has 0 saturated carbocycles. The fourth-order valence-corrected chi connectivity index (χ4v) is 9.47. The number of hydrogen-bond donors (Lipinski definition) is 0. The fraction of sp³-hybridized carbons (Fsp3) is 0.111. The average Bonchev–Trinajstić information content (AvgIpc) is 3.26. The molecule has 0 atom stereocenters. The molecule has 0 fully saturated rings. The molecule has 0 spiro atoms. The van der Waals surface area contributed by atoms with Crippen LogP contribution in [-0.2, 0) is 39.3 Å². The van der Waals surface area contributed by atoms with E-state index in [1.54, 1.807) is 0 Å². The van der Waals surface area contributed by atoms with Gasteiger partial charge in [0, 0.05) is 51.7 Å². The molecule has 0 bridgehead atoms. The highest BCUT2D eigenvalue weighted by Crippen LogP contribution is 2.38. The highest BCUT2D eigenvalue weighted by molar-refractivity contribution is 6.24. The molecule has 2 aromatic heterocycles. The van der Waals surface area contributed by atoms with Crippen molar-refractivity contribution >= 4 is 64.6 Å². The smallest absolute Gasteiger partial charge is 0.0544 e. The summed E-state index contributed by atoms with van der Waals surface area (Å²) in [4.78, 5) is 14.6. The fourth-order valence-electron chi connectivity index (χ4n) is 9.47. The van der Waals surface area contributed by atoms with Crippen LogP contribution in [0.4, 0.5) is 0 Å². The van der Waals surface area contributed by atoms with Gasteiger partial charge in [-0.1, -0.05) is 146 Å². The lowest BCUT2D eigenvalue weighted by Gasteiger charge is -2.25. The molecule has 4 nitrogen and oxygen atoms in total. The van der Waals surface area contributed by atoms with E-state index >= 15 is 0 Å². The Bertz CT molecular complexity index is 2950. The number of rotatable bonds is 12. The third-order valence-corrected chi connectivity index (χ3v) is 12.1. The predicted molar refractivity (Wildman–Crippen MR) is 241 cm³/mol. The zero-order valence-corrected chi connectivity index (χ0v) is 32.4. The van der Waals surface area contributed by atoms with E-state index < -0.39 is 0 Å². The molecular formula is C54H42N4. The van der Waals surface area contributed by atoms with E-state index in [1.807, 2.05) is 24.5 Å². The second kappa shape index (κ2) is 14.7. The Kier molecular flexibility index (Phi) is 8.72. The Labute approximate surface area is 338 Å². The summed E-state index contributed by atoms with van der Waals surface area (Å²) in [7, 11) is 0. The first-order valence-corrected chi connectivity index (χ1v) is 20.3. The van der Waals surface area contributed by atoms with E-state index in [-0.39, 0.29) is 0 Å². The minimum atomic E-state index is 0.757. The average molecular weight is 747 g/mol. The SMILES string of the molecule is c1ccc(CN(Cc2cccc(CN(Cc3ccccn3)Cc3ccc4ccc5cccc6ccc3c4c56)c2)Cc2ccc3ccc4cccc5ccc2c3c45)nc1. The lowest BCUT2D eigenvalue weighted by atomic mass is 9.92. The zero-order chi connectivity index (χ0) is 38.4. The quantitative estimate of drug-likeness (QED) is 0.117. The summed E-state index contributed by atoms with van der Waals surface area (Å²) in [5.41, 5.74) is 7.43. The summed E-state index contributed by atoms with van der Waals surface area (Å²) in [5, 5.41) is 15.9. The zero-order valence-electron chi connectivity index (χ0n) is 32.4. The summed E-state index contributed by atoms with van der Waals surface area (Å²) < 4.78 is 0. The van der Waals surface area contributed by atoms with Gasteiger partial charge >= 0.3 is 0 Å². The summed E-state index contributed by atoms with van der Waals surface area (Å²) in [5.74, 6) is 0. The molecule has 0 aliphatic rings. The molecule has 0 unspecified atom stereocenters. The van der Waals surface area contributed by atoms with Crippen molar-refractivity contribution in [2.45, 2.75) is 39.3 Å². The maximum absolute atomic E-state index is 4.76. The molecule has 0 saturated heterocycles. The van der Waals surface area contributed by atoms with Crippen LogP contribution in [0.3, 0.4) is 0 Å². The molecule has 278 valence electrons. The lowest BCUT2D eigenvalue weighted by Crippen LogP contribution is -2.24. The third kappa shape index (κ3) is 6.47. The highest BCUT2D eigenvalue weighted by Gasteiger charge is 2.18. The van der Waals surface area contributed by atoms with Gasteiger partial charge in [0.25, 0.3) is 0 Å². The first kappa shape index (κ1) is 34.5. The van der Waals surface area contributed by atoms with Crippen molar-refractivity contribution in [3.05, 3.63) is 216 Å². The van der Waals surface area contributed by atoms with Crippen molar-refractivity contribution in [2.24, 2.45) is 0 Å². The summed E-state index contributed by atoms with van der Waals surface area (Å²) >= 11 is 0. The van der Waals surface area contributed by atoms with Crippen LogP contribution in [0.1, 0.15) is 33.6 Å². The Balaban J connectivity index is 0.918. The van der Waals surface area contributed by atoms with Crippen LogP contribution < -0.4 is 0 Å². The molecule has 11 aromatic rings. The van der Waals surface area contributed by atoms with Gasteiger partial charge in [0.2, 0.25) is 0 Å². The summed E-state index contributed by atoms with van der Waals surface area (Å²) in [6.45, 7) is 4.76. The van der Waals surface area contributed by atoms with Crippen LogP contribution in [0, 0.1) is 0 Å². The second-order valence-corrected chi connectivity index (χ2v) is 15.9. The van der Waals surface area contributed by atoms with E-state index in [2.05, 4.69) is 168 Å². The van der Waals surface area contributed by atoms with Crippen molar-refractivity contribution in [3.63, 3.8) is 0 Å². The minimum absolute atomic E-state index is 0.757. The standard InChI is InChI=1S/C54H42N4/c1-3-28-55-47(14-1)35-57(33-45-22-20-43-18-16-39-10-6-12-41-24-26-49(45)53(43)51(39)41)31-37-8-5-9-38(30-37)32-58(36-48-15-2-4-29-56-48)34-46-23-21-44-19-17-40-11-7-13-42-25-27-50(46)54(44)52(40)42/h1-30H,31-36H2. The van der Waals surface area contributed by atoms with Gasteiger partial charge in [-0.15, -0.1) is 0 Å². The van der Waals surface area contributed by atoms with Gasteiger partial charge in [0.05, 0.1) is 11.4 Å². The van der Waals surface area contributed by atoms with E-state index in [0.29, 0.717) is 0 Å². The molecule has 4 heteroatoms. The first-order valence-electron chi connectivity index (χ1n) is 20.3. The molecule has 0 amide bonds. The topological polar surface area (TPSA) is 32.3 Å². The predicted octanol–water partition coefficient (Wildman–Crippen LogP) is 12.7. The van der Waals surface area contributed by atoms with Crippen LogP contribution in [0.5, 0.6) is 0 Å². The number of aromatic nitrogens is 2. The maximum atomic E-state index is 4.76. The third-order valence-electron chi connectivity index (χ3n) is 12.1. The summed E-state index contributed by atoms with van der Waals surface area (Å²) in [6, 6.07) is 62.5. The highest BCUT2D eigenvalue weighted by atomic mass is 15.1. The Morgan fingerprint density at radius 1 is 0.310 bits per heavy atom. The van der Waals surface area contributed by atoms with Crippen molar-refractivity contribution < 1.29 is 0 Å². The van der Waals surface area contributed by atoms with Gasteiger partial charge in [0.15, 0.2) is 0 Å². The van der Waals surface area contributed by atoms with E-state index in [4.69, 9.17) is 9.97 Å². The van der Waals surface area contributed by atoms with E-state index in [9.17, 15) is 0 Å². The normalized spacial score (nSPS) is 12.2. The Morgan fingerprint density at radius 3 is 1.14 bits per heavy atom. The largest absolute Gasteiger partial charge is 0.289 e. The summed E-state index contributed by atoms with van der Waals surface area (Å²) in [6.07, 6.45) is 3.81. The molecule has 58 heavy (non-hydrogen) atoms. The molecule has 0 aliphatic heterocycles. The van der Waals surface area contributed by atoms with Gasteiger partial charge in [-0.25, -0.2) is 0 Å². The van der Waals surface area contributed by atoms with Gasteiger partial charge in [-0.2, -0.15) is 0 Å². The number of nitrogens with zero attached hydrogens (tertiary/aromatic N) is 4. The number of benzene rings is 9. The van der Waals surface area contributed by atoms with Crippen LogP contribution >= 0.6 is 0 Å². The van der Waals surface area contributed by atoms with Gasteiger partial charge in [-0.05, 0) is 111 Å². The molecular weight excluding hydrogens is 705 g/mol. The van der Waals surface area contributed by atoms with Crippen LogP contribution in [0.2, 0.25) is 0 Å². The molecule has 2 heterocycles. The van der Waals surface area contributed by atoms with Crippen molar-refractivity contribution in [1.29, 1.82) is 0 Å². The van der Waals surface area contributed by atoms with Crippen LogP contribution in [0.15, 0.2) is 182 Å². The van der Waals surface area contributed by atoms with Crippen LogP contribution in [0.25, 0.3) is 64.6 Å². The number of hydrogen-bond acceptors (Lipinski definition) is 4. The minimum Gasteiger partial charge on any atom is -0.289 e. The Morgan fingerprint density at radius 2 is 0.707 bits per heavy atom. The molecule has 9 aromatic carbocycles. The van der Waals surface area contributed by atoms with Crippen molar-refractivity contribution in [2.75, 3.05) is 0 Å². The van der Waals surface area contributed by atoms with E-state index in [0.717, 1.165) is 50.7 Å². The molecule has 0 aliphatic carbocycles. The Hall–Kier alpha value is -6.72. The van der Waals surface area contributed by atoms with Crippen molar-refractivity contribution in [3.8, 4) is 0 Å². The van der Waals surface area contributed by atoms with Gasteiger partial charge < -0.3 is 0 Å². The van der Waals surface area contributed by atoms with Crippen molar-refractivity contribution in [1.82, 2.24) is 19.8 Å². The molecule has 0 radical (unpaired) electrons. The lowest BCUT2D eigenvalue weighted by molar-refractivity contribution is 0.241. The van der Waals surface area contributed by atoms with E-state index in [1.165, 1.54) is 86.9 Å². The maximum Gasteiger partial charge on any atom is 0.0544 e. The molecule has 11 rings (SSSR count). The second-order valence-electron chi connectivity index (χ2n) is 15.9. The molecule has 0 N–H and O–H groups in total. The van der Waals surface area contributed by atoms with Gasteiger partial charge in [-0.3, -0.25) is 19.8 Å². The number of pyridine rings is 2. The van der Waals surface area contributed by atoms with Gasteiger partial charge in [0.1, 0.15) is 0 Å².